The maximum absolute atomic E-state index is 12.1. The van der Waals surface area contributed by atoms with Gasteiger partial charge in [0.1, 0.15) is 6.07 Å². The fourth-order valence-electron chi connectivity index (χ4n) is 1.52. The molecule has 0 saturated carbocycles. The Balaban J connectivity index is 2.02. The molecule has 2 aromatic rings. The molecule has 1 amide bonds. The third kappa shape index (κ3) is 3.59. The first-order chi connectivity index (χ1) is 9.60. The number of anilines is 1. The molecule has 2 rings (SSSR count). The van der Waals surface area contributed by atoms with Gasteiger partial charge in [0.05, 0.1) is 16.5 Å². The number of nitrogens with one attached hydrogen (secondary N) is 1. The van der Waals surface area contributed by atoms with Gasteiger partial charge in [-0.3, -0.25) is 4.79 Å². The number of aromatic nitrogens is 1. The van der Waals surface area contributed by atoms with Crippen LogP contribution in [0.2, 0.25) is 0 Å². The number of benzene rings is 1. The number of hydrogen-bond acceptors (Lipinski definition) is 5. The fraction of sp³-hybridized carbons (Fsp3) is 0.214. The first-order valence-electron chi connectivity index (χ1n) is 5.99. The van der Waals surface area contributed by atoms with Gasteiger partial charge in [0.15, 0.2) is 4.34 Å². The van der Waals surface area contributed by atoms with Gasteiger partial charge in [0.2, 0.25) is 5.91 Å². The molecule has 1 heterocycles. The third-order valence-corrected chi connectivity index (χ3v) is 4.74. The van der Waals surface area contributed by atoms with Crippen LogP contribution in [-0.2, 0) is 4.79 Å². The van der Waals surface area contributed by atoms with E-state index in [9.17, 15) is 4.79 Å². The monoisotopic (exact) mass is 303 g/mol. The van der Waals surface area contributed by atoms with Crippen molar-refractivity contribution in [2.75, 3.05) is 5.32 Å². The van der Waals surface area contributed by atoms with Gasteiger partial charge >= 0.3 is 0 Å². The summed E-state index contributed by atoms with van der Waals surface area (Å²) in [6, 6.07) is 9.02. The van der Waals surface area contributed by atoms with Crippen molar-refractivity contribution in [1.82, 2.24) is 4.98 Å². The number of nitriles is 1. The highest BCUT2D eigenvalue weighted by atomic mass is 32.2. The van der Waals surface area contributed by atoms with Crippen LogP contribution in [0.3, 0.4) is 0 Å². The van der Waals surface area contributed by atoms with Crippen molar-refractivity contribution >= 4 is 34.7 Å². The first-order valence-corrected chi connectivity index (χ1v) is 7.75. The van der Waals surface area contributed by atoms with Crippen molar-refractivity contribution in [2.24, 2.45) is 0 Å². The summed E-state index contributed by atoms with van der Waals surface area (Å²) in [4.78, 5) is 16.5. The Labute approximate surface area is 125 Å². The second kappa shape index (κ2) is 6.55. The molecule has 1 aromatic carbocycles. The van der Waals surface area contributed by atoms with Gasteiger partial charge in [-0.15, -0.1) is 11.3 Å². The summed E-state index contributed by atoms with van der Waals surface area (Å²) >= 11 is 2.95. The van der Waals surface area contributed by atoms with Crippen LogP contribution in [0, 0.1) is 18.3 Å². The van der Waals surface area contributed by atoms with Crippen LogP contribution in [0.5, 0.6) is 0 Å². The first kappa shape index (κ1) is 14.6. The highest BCUT2D eigenvalue weighted by Crippen LogP contribution is 2.27. The van der Waals surface area contributed by atoms with Crippen molar-refractivity contribution < 1.29 is 4.79 Å². The van der Waals surface area contributed by atoms with Gasteiger partial charge in [-0.05, 0) is 26.0 Å². The van der Waals surface area contributed by atoms with Crippen LogP contribution < -0.4 is 5.32 Å². The van der Waals surface area contributed by atoms with Crippen molar-refractivity contribution in [3.05, 3.63) is 40.9 Å². The van der Waals surface area contributed by atoms with Crippen LogP contribution in [0.15, 0.2) is 34.0 Å². The van der Waals surface area contributed by atoms with E-state index < -0.39 is 0 Å². The Hall–Kier alpha value is -1.84. The number of rotatable bonds is 4. The normalized spacial score (nSPS) is 11.7. The Morgan fingerprint density at radius 3 is 2.90 bits per heavy atom. The number of thioether (sulfide) groups is 1. The zero-order valence-corrected chi connectivity index (χ0v) is 12.7. The second-order valence-electron chi connectivity index (χ2n) is 4.16. The smallest absolute Gasteiger partial charge is 0.237 e. The number of hydrogen-bond donors (Lipinski definition) is 1. The lowest BCUT2D eigenvalue weighted by atomic mass is 10.2. The summed E-state index contributed by atoms with van der Waals surface area (Å²) in [5, 5.41) is 13.5. The van der Waals surface area contributed by atoms with Crippen LogP contribution in [0.4, 0.5) is 5.69 Å². The molecule has 0 aliphatic heterocycles. The maximum atomic E-state index is 12.1. The second-order valence-corrected chi connectivity index (χ2v) is 6.61. The van der Waals surface area contributed by atoms with E-state index in [-0.39, 0.29) is 11.2 Å². The standard InChI is InChI=1S/C14H13N3OS2/c1-9-8-19-14(16-9)20-10(2)13(18)17-12-6-4-3-5-11(12)7-15/h3-6,8,10H,1-2H3,(H,17,18)/t10-/m1/s1. The molecule has 0 unspecified atom stereocenters. The van der Waals surface area contributed by atoms with E-state index >= 15 is 0 Å². The van der Waals surface area contributed by atoms with Crippen molar-refractivity contribution in [3.63, 3.8) is 0 Å². The lowest BCUT2D eigenvalue weighted by Gasteiger charge is -2.11. The molecule has 4 nitrogen and oxygen atoms in total. The largest absolute Gasteiger partial charge is 0.324 e. The van der Waals surface area contributed by atoms with Crippen LogP contribution >= 0.6 is 23.1 Å². The van der Waals surface area contributed by atoms with Gasteiger partial charge in [-0.1, -0.05) is 23.9 Å². The molecule has 0 radical (unpaired) electrons. The van der Waals surface area contributed by atoms with E-state index in [0.717, 1.165) is 10.0 Å². The number of nitrogens with zero attached hydrogens (tertiary/aromatic N) is 2. The molecule has 102 valence electrons. The molecule has 20 heavy (non-hydrogen) atoms. The van der Waals surface area contributed by atoms with Gasteiger partial charge < -0.3 is 5.32 Å². The molecular formula is C14H13N3OS2. The Kier molecular flexibility index (Phi) is 4.77. The predicted molar refractivity (Wildman–Crippen MR) is 82.0 cm³/mol. The highest BCUT2D eigenvalue weighted by Gasteiger charge is 2.17. The lowest BCUT2D eigenvalue weighted by molar-refractivity contribution is -0.115. The van der Waals surface area contributed by atoms with E-state index in [4.69, 9.17) is 5.26 Å². The lowest BCUT2D eigenvalue weighted by Crippen LogP contribution is -2.22. The van der Waals surface area contributed by atoms with Gasteiger partial charge in [0, 0.05) is 11.1 Å². The van der Waals surface area contributed by atoms with Gasteiger partial charge in [-0.25, -0.2) is 4.98 Å². The summed E-state index contributed by atoms with van der Waals surface area (Å²) in [5.41, 5.74) is 1.96. The number of carbonyl (C=O) groups is 1. The van der Waals surface area contributed by atoms with Crippen molar-refractivity contribution in [3.8, 4) is 6.07 Å². The zero-order valence-electron chi connectivity index (χ0n) is 11.1. The van der Waals surface area contributed by atoms with Gasteiger partial charge in [0.25, 0.3) is 0 Å². The number of carbonyl (C=O) groups excluding carboxylic acids is 1. The number of thiazole rings is 1. The molecular weight excluding hydrogens is 290 g/mol. The molecule has 0 aliphatic carbocycles. The molecule has 0 bridgehead atoms. The SMILES string of the molecule is Cc1csc(S[C@H](C)C(=O)Nc2ccccc2C#N)n1. The molecule has 1 aromatic heterocycles. The molecule has 0 aliphatic rings. The zero-order chi connectivity index (χ0) is 14.5. The fourth-order valence-corrected chi connectivity index (χ4v) is 3.50. The third-order valence-electron chi connectivity index (χ3n) is 2.55. The molecule has 1 atom stereocenters. The van der Waals surface area contributed by atoms with E-state index in [2.05, 4.69) is 16.4 Å². The predicted octanol–water partition coefficient (Wildman–Crippen LogP) is 3.44. The van der Waals surface area contributed by atoms with Crippen LogP contribution in [0.1, 0.15) is 18.2 Å². The average molecular weight is 303 g/mol. The van der Waals surface area contributed by atoms with Crippen molar-refractivity contribution in [1.29, 1.82) is 5.26 Å². The molecule has 0 spiro atoms. The Morgan fingerprint density at radius 1 is 1.50 bits per heavy atom. The minimum atomic E-state index is -0.271. The average Bonchev–Trinajstić information content (AvgIpc) is 2.84. The summed E-state index contributed by atoms with van der Waals surface area (Å²) in [6.45, 7) is 3.75. The van der Waals surface area contributed by atoms with E-state index in [1.165, 1.54) is 23.1 Å². The number of amides is 1. The molecule has 0 fully saturated rings. The molecule has 1 N–H and O–H groups in total. The topological polar surface area (TPSA) is 65.8 Å². The summed E-state index contributed by atoms with van der Waals surface area (Å²) < 4.78 is 0.874. The van der Waals surface area contributed by atoms with E-state index in [0.29, 0.717) is 11.3 Å². The van der Waals surface area contributed by atoms with Crippen molar-refractivity contribution in [2.45, 2.75) is 23.4 Å². The summed E-state index contributed by atoms with van der Waals surface area (Å²) in [5.74, 6) is -0.134. The summed E-state index contributed by atoms with van der Waals surface area (Å²) in [6.07, 6.45) is 0. The number of aryl methyl sites for hydroxylation is 1. The van der Waals surface area contributed by atoms with Gasteiger partial charge in [-0.2, -0.15) is 5.26 Å². The quantitative estimate of drug-likeness (QED) is 0.879. The van der Waals surface area contributed by atoms with E-state index in [1.807, 2.05) is 19.2 Å². The molecule has 0 saturated heterocycles. The number of para-hydroxylation sites is 1. The molecule has 6 heteroatoms. The van der Waals surface area contributed by atoms with Crippen LogP contribution in [0.25, 0.3) is 0 Å². The van der Waals surface area contributed by atoms with E-state index in [1.54, 1.807) is 24.3 Å². The van der Waals surface area contributed by atoms with Crippen LogP contribution in [-0.4, -0.2) is 16.1 Å². The Morgan fingerprint density at radius 2 is 2.25 bits per heavy atom. The minimum absolute atomic E-state index is 0.134. The Bertz CT molecular complexity index is 660. The summed E-state index contributed by atoms with van der Waals surface area (Å²) in [7, 11) is 0. The highest BCUT2D eigenvalue weighted by molar-refractivity contribution is 8.02. The minimum Gasteiger partial charge on any atom is -0.324 e. The maximum Gasteiger partial charge on any atom is 0.237 e.